The highest BCUT2D eigenvalue weighted by atomic mass is 16.8. The van der Waals surface area contributed by atoms with E-state index in [0.29, 0.717) is 51.4 Å². The number of allylic oxidation sites excluding steroid dienone is 2. The van der Waals surface area contributed by atoms with Crippen LogP contribution >= 0.6 is 0 Å². The highest BCUT2D eigenvalue weighted by Gasteiger charge is 2.72. The molecule has 0 unspecified atom stereocenters. The summed E-state index contributed by atoms with van der Waals surface area (Å²) in [5.41, 5.74) is -3.00. The Hall–Kier alpha value is -1.67. The highest BCUT2D eigenvalue weighted by molar-refractivity contribution is 5.79. The molecule has 24 heteroatoms. The monoisotopic (exact) mass is 1120 g/mol. The van der Waals surface area contributed by atoms with E-state index in [-0.39, 0.29) is 29.6 Å². The zero-order chi connectivity index (χ0) is 57.1. The molecule has 15 N–H and O–H groups in total. The molecule has 9 aliphatic rings. The molecule has 8 fully saturated rings. The smallest absolute Gasteiger partial charge is 0.315 e. The van der Waals surface area contributed by atoms with Crippen LogP contribution in [0.2, 0.25) is 0 Å². The minimum Gasteiger partial charge on any atom is -0.432 e. The van der Waals surface area contributed by atoms with Gasteiger partial charge in [-0.15, -0.1) is 0 Å². The SMILES string of the molecule is C[C@H]1O[C@@H](O[C@H]2[C@@H](OC(=O)[C@@]34CCC(C)(C)C[C@H]3C3=CC[C@@H]5[C@]6(C)C[C@@H](O)[C@H](O[C@@H]7O[C@H](CO)[C@H](O)[C@@H](O)[C@H]7O[C@@H]7O[C@H](CO)[C@H](O)[C@H](O)[C@H]7O)[C@@](C)(CO)[C@@H]6CC[C@]5(C)[C@]3(C)CC4)O[C@H](CO)[C@H](O)[C@@H]2O)[C@H](O)[C@H](O)[C@H]1O. The summed E-state index contributed by atoms with van der Waals surface area (Å²) in [7, 11) is 0. The molecule has 0 bridgehead atoms. The average Bonchev–Trinajstić information content (AvgIpc) is 2.29. The van der Waals surface area contributed by atoms with Crippen molar-refractivity contribution in [2.24, 2.45) is 50.2 Å². The molecule has 0 spiro atoms. The molecule has 0 amide bonds. The molecule has 0 radical (unpaired) electrons. The fourth-order valence-corrected chi connectivity index (χ4v) is 16.6. The second kappa shape index (κ2) is 22.1. The molecule has 448 valence electrons. The van der Waals surface area contributed by atoms with Gasteiger partial charge >= 0.3 is 5.97 Å². The highest BCUT2D eigenvalue weighted by Crippen LogP contribution is 2.76. The van der Waals surface area contributed by atoms with Crippen molar-refractivity contribution in [1.29, 1.82) is 0 Å². The second-order valence-corrected chi connectivity index (χ2v) is 26.3. The van der Waals surface area contributed by atoms with Crippen molar-refractivity contribution < 1.29 is 119 Å². The third-order valence-corrected chi connectivity index (χ3v) is 21.5. The lowest BCUT2D eigenvalue weighted by molar-refractivity contribution is -0.384. The maximum atomic E-state index is 15.3. The second-order valence-electron chi connectivity index (χ2n) is 26.3. The van der Waals surface area contributed by atoms with Gasteiger partial charge in [0.25, 0.3) is 0 Å². The summed E-state index contributed by atoms with van der Waals surface area (Å²) >= 11 is 0. The molecule has 0 aromatic carbocycles. The molecular weight excluding hydrogens is 1030 g/mol. The molecule has 78 heavy (non-hydrogen) atoms. The van der Waals surface area contributed by atoms with Gasteiger partial charge in [0.1, 0.15) is 85.5 Å². The third-order valence-electron chi connectivity index (χ3n) is 21.5. The van der Waals surface area contributed by atoms with Crippen molar-refractivity contribution in [2.45, 2.75) is 241 Å². The summed E-state index contributed by atoms with van der Waals surface area (Å²) in [6.45, 7) is 11.5. The summed E-state index contributed by atoms with van der Waals surface area (Å²) in [5, 5.41) is 163. The fraction of sp³-hybridized carbons (Fsp3) is 0.944. The zero-order valence-corrected chi connectivity index (χ0v) is 45.6. The topological polar surface area (TPSA) is 394 Å². The van der Waals surface area contributed by atoms with E-state index in [4.69, 9.17) is 37.9 Å². The van der Waals surface area contributed by atoms with Crippen LogP contribution in [0, 0.1) is 50.2 Å². The number of esters is 1. The molecule has 0 aromatic heterocycles. The van der Waals surface area contributed by atoms with E-state index in [9.17, 15) is 76.6 Å². The molecule has 9 rings (SSSR count). The Kier molecular flexibility index (Phi) is 17.2. The lowest BCUT2D eigenvalue weighted by Gasteiger charge is -2.72. The molecule has 4 saturated carbocycles. The number of hydrogen-bond acceptors (Lipinski definition) is 24. The van der Waals surface area contributed by atoms with Crippen molar-refractivity contribution in [1.82, 2.24) is 0 Å². The van der Waals surface area contributed by atoms with Gasteiger partial charge in [0.05, 0.1) is 50.2 Å². The molecular formula is C54H88O24. The Labute approximate surface area is 453 Å². The lowest BCUT2D eigenvalue weighted by atomic mass is 9.33. The Morgan fingerprint density at radius 3 is 1.65 bits per heavy atom. The van der Waals surface area contributed by atoms with E-state index in [2.05, 4.69) is 40.7 Å². The van der Waals surface area contributed by atoms with Crippen LogP contribution in [0.3, 0.4) is 0 Å². The number of aliphatic hydroxyl groups excluding tert-OH is 15. The lowest BCUT2D eigenvalue weighted by Crippen LogP contribution is -2.70. The fourth-order valence-electron chi connectivity index (χ4n) is 16.6. The van der Waals surface area contributed by atoms with Gasteiger partial charge in [-0.1, -0.05) is 53.2 Å². The third kappa shape index (κ3) is 9.67. The van der Waals surface area contributed by atoms with Gasteiger partial charge in [0.15, 0.2) is 25.0 Å². The van der Waals surface area contributed by atoms with Crippen LogP contribution in [0.15, 0.2) is 11.6 Å². The van der Waals surface area contributed by atoms with E-state index in [0.717, 1.165) is 5.57 Å². The molecule has 4 aliphatic heterocycles. The predicted molar refractivity (Wildman–Crippen MR) is 264 cm³/mol. The summed E-state index contributed by atoms with van der Waals surface area (Å²) in [4.78, 5) is 15.3. The summed E-state index contributed by atoms with van der Waals surface area (Å²) < 4.78 is 48.1. The Bertz CT molecular complexity index is 2150. The number of ether oxygens (including phenoxy) is 8. The maximum absolute atomic E-state index is 15.3. The normalized spacial score (nSPS) is 55.1. The van der Waals surface area contributed by atoms with Crippen LogP contribution < -0.4 is 0 Å². The van der Waals surface area contributed by atoms with Crippen molar-refractivity contribution >= 4 is 5.97 Å². The zero-order valence-electron chi connectivity index (χ0n) is 45.6. The van der Waals surface area contributed by atoms with E-state index >= 15 is 4.79 Å². The Balaban J connectivity index is 0.991. The standard InChI is InChI=1S/C54H88O24/c1-22-31(60)35(64)39(68)44(71-22)75-42-38(67)34(63)28(20-57)74-47(42)78-48(70)54-14-12-49(2,3)16-24(54)23-8-9-30-50(4)17-25(59)43(51(5,21-58)29(50)10-11-53(30,7)52(23,6)13-15-54)77-46-41(37(66)33(62)27(19-56)73-46)76-45-40(69)36(65)32(61)26(18-55)72-45/h8,22,24-47,55-69H,9-21H2,1-7H3/t22-,24+,25-,26-,27-,28-,29-,30-,31+,32+,33+,34+,35-,36+,37-,38+,39-,40-,41-,42-,43+,44+,45+,46+,47-,50-,51+,52-,53+,54-/m1/s1. The molecule has 4 heterocycles. The minimum absolute atomic E-state index is 0.0875. The number of fused-ring (bicyclic) bond motifs is 7. The average molecular weight is 1120 g/mol. The summed E-state index contributed by atoms with van der Waals surface area (Å²) in [5.74, 6) is -1.36. The van der Waals surface area contributed by atoms with Crippen LogP contribution in [0.1, 0.15) is 106 Å². The molecule has 0 aromatic rings. The number of carbonyl (C=O) groups is 1. The summed E-state index contributed by atoms with van der Waals surface area (Å²) in [6, 6.07) is 0. The van der Waals surface area contributed by atoms with E-state index in [1.54, 1.807) is 0 Å². The van der Waals surface area contributed by atoms with Gasteiger partial charge in [0, 0.05) is 5.41 Å². The quantitative estimate of drug-likeness (QED) is 0.0524. The van der Waals surface area contributed by atoms with Crippen LogP contribution in [0.25, 0.3) is 0 Å². The number of aliphatic hydroxyl groups is 15. The van der Waals surface area contributed by atoms with E-state index < -0.39 is 195 Å². The molecule has 30 atom stereocenters. The van der Waals surface area contributed by atoms with Gasteiger partial charge in [0.2, 0.25) is 6.29 Å². The first-order valence-corrected chi connectivity index (χ1v) is 27.9. The van der Waals surface area contributed by atoms with E-state index in [1.165, 1.54) is 6.92 Å². The van der Waals surface area contributed by atoms with Gasteiger partial charge in [-0.05, 0) is 104 Å². The maximum Gasteiger partial charge on any atom is 0.315 e. The van der Waals surface area contributed by atoms with Crippen molar-refractivity contribution in [3.05, 3.63) is 11.6 Å². The Morgan fingerprint density at radius 2 is 1.08 bits per heavy atom. The van der Waals surface area contributed by atoms with Crippen molar-refractivity contribution in [3.8, 4) is 0 Å². The molecule has 24 nitrogen and oxygen atoms in total. The van der Waals surface area contributed by atoms with Gasteiger partial charge in [-0.25, -0.2) is 0 Å². The first-order chi connectivity index (χ1) is 36.5. The van der Waals surface area contributed by atoms with Crippen molar-refractivity contribution in [3.63, 3.8) is 0 Å². The number of carbonyl (C=O) groups excluding carboxylic acids is 1. The first kappa shape index (κ1) is 60.9. The van der Waals surface area contributed by atoms with Gasteiger partial charge in [-0.3, -0.25) is 4.79 Å². The molecule has 5 aliphatic carbocycles. The van der Waals surface area contributed by atoms with Crippen LogP contribution in [0.5, 0.6) is 0 Å². The Morgan fingerprint density at radius 1 is 0.564 bits per heavy atom. The van der Waals surface area contributed by atoms with E-state index in [1.807, 2.05) is 6.92 Å². The molecule has 4 saturated heterocycles. The van der Waals surface area contributed by atoms with Crippen LogP contribution in [-0.2, 0) is 42.7 Å². The van der Waals surface area contributed by atoms with Crippen LogP contribution in [-0.4, -0.2) is 244 Å². The largest absolute Gasteiger partial charge is 0.432 e. The number of hydrogen-bond donors (Lipinski definition) is 15. The summed E-state index contributed by atoms with van der Waals surface area (Å²) in [6.07, 6.45) is -28.6. The predicted octanol–water partition coefficient (Wildman–Crippen LogP) is -3.06. The van der Waals surface area contributed by atoms with Gasteiger partial charge in [-0.2, -0.15) is 0 Å². The van der Waals surface area contributed by atoms with Gasteiger partial charge < -0.3 is 114 Å². The minimum atomic E-state index is -1.90. The van der Waals surface area contributed by atoms with Crippen LogP contribution in [0.4, 0.5) is 0 Å². The van der Waals surface area contributed by atoms with Crippen molar-refractivity contribution in [2.75, 3.05) is 26.4 Å². The first-order valence-electron chi connectivity index (χ1n) is 27.9. The number of rotatable bonds is 12.